The minimum atomic E-state index is 0.424. The quantitative estimate of drug-likeness (QED) is 0.145. The minimum Gasteiger partial charge on any atom is -0.280 e. The van der Waals surface area contributed by atoms with Crippen molar-refractivity contribution in [3.05, 3.63) is 214 Å². The van der Waals surface area contributed by atoms with Crippen molar-refractivity contribution in [2.24, 2.45) is 0 Å². The standard InChI is InChI=1S/C53H37N3/c54-53(55(49-25-9-21-41-37-17-5-1-13-33(37)29-45(41)49)50-26-10-22-42-38-18-6-2-14-34(38)30-46(42)50)56(51-27-11-23-43-39-19-7-3-15-35(39)31-47(43)51)52-28-12-24-44-40-20-8-4-16-36(40)32-48(44)52/h1-28,54H,29-32H2. The Labute approximate surface area is 327 Å². The second-order valence-electron chi connectivity index (χ2n) is 15.5. The lowest BCUT2D eigenvalue weighted by Crippen LogP contribution is -2.40. The van der Waals surface area contributed by atoms with Crippen molar-refractivity contribution in [2.45, 2.75) is 25.7 Å². The Morgan fingerprint density at radius 3 is 0.786 bits per heavy atom. The number of nitrogens with one attached hydrogen (secondary N) is 1. The molecule has 0 radical (unpaired) electrons. The number of rotatable bonds is 4. The predicted molar refractivity (Wildman–Crippen MR) is 231 cm³/mol. The van der Waals surface area contributed by atoms with E-state index < -0.39 is 0 Å². The van der Waals surface area contributed by atoms with E-state index in [9.17, 15) is 5.41 Å². The van der Waals surface area contributed by atoms with Crippen LogP contribution in [0.5, 0.6) is 0 Å². The molecule has 4 aliphatic carbocycles. The molecule has 3 heteroatoms. The Kier molecular flexibility index (Phi) is 6.73. The summed E-state index contributed by atoms with van der Waals surface area (Å²) in [7, 11) is 0. The molecule has 8 aromatic carbocycles. The molecule has 0 aliphatic heterocycles. The van der Waals surface area contributed by atoms with E-state index in [4.69, 9.17) is 0 Å². The number of guanidine groups is 1. The summed E-state index contributed by atoms with van der Waals surface area (Å²) in [6, 6.07) is 62.0. The number of hydrogen-bond acceptors (Lipinski definition) is 1. The van der Waals surface area contributed by atoms with Crippen LogP contribution in [0, 0.1) is 5.41 Å². The summed E-state index contributed by atoms with van der Waals surface area (Å²) in [6.45, 7) is 0. The molecule has 0 amide bonds. The third-order valence-corrected chi connectivity index (χ3v) is 12.7. The highest BCUT2D eigenvalue weighted by molar-refractivity contribution is 6.17. The highest BCUT2D eigenvalue weighted by atomic mass is 15.4. The largest absolute Gasteiger partial charge is 0.280 e. The molecule has 0 saturated carbocycles. The van der Waals surface area contributed by atoms with E-state index in [1.54, 1.807) is 0 Å². The van der Waals surface area contributed by atoms with Gasteiger partial charge in [0, 0.05) is 25.7 Å². The topological polar surface area (TPSA) is 30.3 Å². The lowest BCUT2D eigenvalue weighted by Gasteiger charge is -2.37. The zero-order valence-electron chi connectivity index (χ0n) is 30.9. The van der Waals surface area contributed by atoms with E-state index in [-0.39, 0.29) is 0 Å². The molecule has 0 fully saturated rings. The van der Waals surface area contributed by atoms with Crippen LogP contribution < -0.4 is 9.80 Å². The molecule has 0 saturated heterocycles. The van der Waals surface area contributed by atoms with E-state index in [1.807, 2.05) is 0 Å². The highest BCUT2D eigenvalue weighted by Crippen LogP contribution is 2.51. The van der Waals surface area contributed by atoms with Crippen LogP contribution in [0.3, 0.4) is 0 Å². The van der Waals surface area contributed by atoms with Gasteiger partial charge in [0.05, 0.1) is 22.7 Å². The van der Waals surface area contributed by atoms with Gasteiger partial charge in [0.25, 0.3) is 0 Å². The number of nitrogens with zero attached hydrogens (tertiary/aromatic N) is 2. The van der Waals surface area contributed by atoms with Crippen LogP contribution in [0.4, 0.5) is 22.7 Å². The first-order chi connectivity index (χ1) is 27.7. The van der Waals surface area contributed by atoms with E-state index in [0.717, 1.165) is 48.4 Å². The van der Waals surface area contributed by atoms with Crippen LogP contribution in [-0.4, -0.2) is 5.96 Å². The summed E-state index contributed by atoms with van der Waals surface area (Å²) in [6.07, 6.45) is 3.30. The van der Waals surface area contributed by atoms with Crippen LogP contribution in [-0.2, 0) is 25.7 Å². The van der Waals surface area contributed by atoms with Gasteiger partial charge >= 0.3 is 0 Å². The van der Waals surface area contributed by atoms with Gasteiger partial charge in [-0.15, -0.1) is 0 Å². The van der Waals surface area contributed by atoms with Gasteiger partial charge in [-0.25, -0.2) is 0 Å². The molecule has 264 valence electrons. The zero-order valence-corrected chi connectivity index (χ0v) is 30.9. The van der Waals surface area contributed by atoms with Gasteiger partial charge in [0.15, 0.2) is 0 Å². The second-order valence-corrected chi connectivity index (χ2v) is 15.5. The van der Waals surface area contributed by atoms with Gasteiger partial charge < -0.3 is 0 Å². The number of benzene rings is 8. The fourth-order valence-corrected chi connectivity index (χ4v) is 10.2. The van der Waals surface area contributed by atoms with Crippen molar-refractivity contribution in [1.82, 2.24) is 0 Å². The van der Waals surface area contributed by atoms with E-state index >= 15 is 0 Å². The van der Waals surface area contributed by atoms with Gasteiger partial charge in [0.2, 0.25) is 5.96 Å². The van der Waals surface area contributed by atoms with Crippen LogP contribution in [0.25, 0.3) is 44.5 Å². The van der Waals surface area contributed by atoms with Gasteiger partial charge in [-0.3, -0.25) is 15.2 Å². The molecule has 0 aromatic heterocycles. The molecule has 12 rings (SSSR count). The van der Waals surface area contributed by atoms with Crippen molar-refractivity contribution < 1.29 is 0 Å². The summed E-state index contributed by atoms with van der Waals surface area (Å²) < 4.78 is 0. The van der Waals surface area contributed by atoms with Crippen LogP contribution in [0.15, 0.2) is 170 Å². The highest BCUT2D eigenvalue weighted by Gasteiger charge is 2.36. The number of anilines is 4. The monoisotopic (exact) mass is 715 g/mol. The summed E-state index contributed by atoms with van der Waals surface area (Å²) in [5, 5.41) is 10.9. The molecule has 0 bridgehead atoms. The SMILES string of the molecule is N=C(N(c1cccc2c1Cc1ccccc1-2)c1cccc2c1Cc1ccccc1-2)N(c1cccc2c1Cc1ccccc1-2)c1cccc2c1Cc1ccccc1-2. The first-order valence-electron chi connectivity index (χ1n) is 19.7. The third-order valence-electron chi connectivity index (χ3n) is 12.7. The van der Waals surface area contributed by atoms with E-state index in [1.165, 1.54) is 89.0 Å². The Balaban J connectivity index is 1.12. The van der Waals surface area contributed by atoms with Gasteiger partial charge in [-0.2, -0.15) is 0 Å². The summed E-state index contributed by atoms with van der Waals surface area (Å²) in [5.74, 6) is 0.424. The average molecular weight is 716 g/mol. The van der Waals surface area contributed by atoms with Crippen molar-refractivity contribution >= 4 is 28.7 Å². The van der Waals surface area contributed by atoms with Crippen molar-refractivity contribution in [2.75, 3.05) is 9.80 Å². The Hall–Kier alpha value is -6.97. The van der Waals surface area contributed by atoms with Crippen LogP contribution >= 0.6 is 0 Å². The fourth-order valence-electron chi connectivity index (χ4n) is 10.2. The molecule has 1 N–H and O–H groups in total. The molecule has 8 aromatic rings. The Morgan fingerprint density at radius 2 is 0.518 bits per heavy atom. The van der Waals surface area contributed by atoms with Gasteiger partial charge in [-0.05, 0) is 113 Å². The summed E-state index contributed by atoms with van der Waals surface area (Å²) >= 11 is 0. The fraction of sp³-hybridized carbons (Fsp3) is 0.0755. The maximum Gasteiger partial charge on any atom is 0.212 e. The van der Waals surface area contributed by atoms with E-state index in [0.29, 0.717) is 5.96 Å². The van der Waals surface area contributed by atoms with E-state index in [2.05, 4.69) is 180 Å². The maximum atomic E-state index is 10.9. The molecule has 3 nitrogen and oxygen atoms in total. The van der Waals surface area contributed by atoms with Crippen molar-refractivity contribution in [3.63, 3.8) is 0 Å². The molecule has 0 atom stereocenters. The first-order valence-corrected chi connectivity index (χ1v) is 19.7. The number of hydrogen-bond donors (Lipinski definition) is 1. The Morgan fingerprint density at radius 1 is 0.286 bits per heavy atom. The molecular weight excluding hydrogens is 679 g/mol. The lowest BCUT2D eigenvalue weighted by atomic mass is 9.99. The number of fused-ring (bicyclic) bond motifs is 12. The first kappa shape index (κ1) is 31.4. The molecule has 0 unspecified atom stereocenters. The molecule has 0 spiro atoms. The molecule has 4 aliphatic rings. The molecule has 56 heavy (non-hydrogen) atoms. The summed E-state index contributed by atoms with van der Waals surface area (Å²) in [5.41, 5.74) is 24.8. The third kappa shape index (κ3) is 4.49. The smallest absolute Gasteiger partial charge is 0.212 e. The maximum absolute atomic E-state index is 10.9. The normalized spacial score (nSPS) is 13.1. The molecular formula is C53H37N3. The average Bonchev–Trinajstić information content (AvgIpc) is 4.02. The predicted octanol–water partition coefficient (Wildman–Crippen LogP) is 12.9. The van der Waals surface area contributed by atoms with Gasteiger partial charge in [0.1, 0.15) is 0 Å². The van der Waals surface area contributed by atoms with Gasteiger partial charge in [-0.1, -0.05) is 146 Å². The summed E-state index contributed by atoms with van der Waals surface area (Å²) in [4.78, 5) is 4.58. The minimum absolute atomic E-state index is 0.424. The zero-order chi connectivity index (χ0) is 36.9. The molecule has 0 heterocycles. The second kappa shape index (κ2) is 12.0. The van der Waals surface area contributed by atoms with Crippen LogP contribution in [0.2, 0.25) is 0 Å². The van der Waals surface area contributed by atoms with Crippen molar-refractivity contribution in [1.29, 1.82) is 5.41 Å². The Bertz CT molecular complexity index is 2580. The lowest BCUT2D eigenvalue weighted by molar-refractivity contribution is 1.12. The van der Waals surface area contributed by atoms with Crippen molar-refractivity contribution in [3.8, 4) is 44.5 Å². The van der Waals surface area contributed by atoms with Crippen LogP contribution in [0.1, 0.15) is 44.5 Å².